The summed E-state index contributed by atoms with van der Waals surface area (Å²) < 4.78 is 4.77. The molecule has 0 radical (unpaired) electrons. The molecule has 0 aromatic rings. The van der Waals surface area contributed by atoms with Gasteiger partial charge in [-0.2, -0.15) is 0 Å². The van der Waals surface area contributed by atoms with Gasteiger partial charge in [-0.05, 0) is 20.1 Å². The lowest BCUT2D eigenvalue weighted by atomic mass is 10.2. The van der Waals surface area contributed by atoms with Crippen LogP contribution in [0.1, 0.15) is 20.3 Å². The van der Waals surface area contributed by atoms with Gasteiger partial charge in [-0.1, -0.05) is 11.8 Å². The van der Waals surface area contributed by atoms with E-state index in [-0.39, 0.29) is 12.0 Å². The molecule has 0 bridgehead atoms. The Bertz CT molecular complexity index is 185. The zero-order valence-electron chi connectivity index (χ0n) is 8.22. The van der Waals surface area contributed by atoms with Gasteiger partial charge in [-0.25, -0.2) is 0 Å². The predicted molar refractivity (Wildman–Crippen MR) is 55.1 cm³/mol. The third-order valence-corrected chi connectivity index (χ3v) is 1.89. The molecule has 1 unspecified atom stereocenters. The Balaban J connectivity index is 3.67. The Kier molecular flexibility index (Phi) is 6.40. The summed E-state index contributed by atoms with van der Waals surface area (Å²) in [6, 6.07) is -0.0426. The quantitative estimate of drug-likeness (QED) is 0.410. The second kappa shape index (κ2) is 6.77. The monoisotopic (exact) mass is 204 g/mol. The number of hydrogen-bond acceptors (Lipinski definition) is 4. The highest BCUT2D eigenvalue weighted by molar-refractivity contribution is 8.13. The second-order valence-electron chi connectivity index (χ2n) is 2.59. The first-order valence-corrected chi connectivity index (χ1v) is 5.37. The fourth-order valence-electron chi connectivity index (χ4n) is 0.804. The van der Waals surface area contributed by atoms with Crippen molar-refractivity contribution >= 4 is 22.9 Å². The van der Waals surface area contributed by atoms with Crippen molar-refractivity contribution in [3.63, 3.8) is 0 Å². The van der Waals surface area contributed by atoms with Gasteiger partial charge in [0, 0.05) is 6.04 Å². The first kappa shape index (κ1) is 12.3. The number of hydrogen-bond donors (Lipinski definition) is 2. The highest BCUT2D eigenvalue weighted by Gasteiger charge is 2.09. The van der Waals surface area contributed by atoms with Gasteiger partial charge in [0.25, 0.3) is 0 Å². The van der Waals surface area contributed by atoms with Crippen molar-refractivity contribution in [3.05, 3.63) is 0 Å². The molecule has 13 heavy (non-hydrogen) atoms. The minimum Gasteiger partial charge on any atom is -0.466 e. The van der Waals surface area contributed by atoms with Gasteiger partial charge in [-0.15, -0.1) is 0 Å². The first-order valence-electron chi connectivity index (χ1n) is 4.14. The largest absolute Gasteiger partial charge is 0.466 e. The fourth-order valence-corrected chi connectivity index (χ4v) is 1.12. The standard InChI is InChI=1S/C8H16N2O2S/c1-4-12-7(11)5-6(2)10-8(9)13-3/h6H,4-5H2,1-3H3,(H2,9,10). The van der Waals surface area contributed by atoms with Gasteiger partial charge in [0.05, 0.1) is 13.0 Å². The molecule has 0 aliphatic heterocycles. The van der Waals surface area contributed by atoms with E-state index in [1.165, 1.54) is 11.8 Å². The van der Waals surface area contributed by atoms with E-state index in [1.807, 2.05) is 13.2 Å². The molecule has 0 saturated carbocycles. The third kappa shape index (κ3) is 6.45. The molecule has 0 fully saturated rings. The maximum Gasteiger partial charge on any atom is 0.307 e. The van der Waals surface area contributed by atoms with Crippen LogP contribution in [0.15, 0.2) is 0 Å². The Hall–Kier alpha value is -0.710. The minimum atomic E-state index is -0.226. The molecular formula is C8H16N2O2S. The summed E-state index contributed by atoms with van der Waals surface area (Å²) in [6.07, 6.45) is 2.11. The van der Waals surface area contributed by atoms with E-state index in [0.29, 0.717) is 18.2 Å². The van der Waals surface area contributed by atoms with E-state index < -0.39 is 0 Å². The molecule has 0 spiro atoms. The van der Waals surface area contributed by atoms with Gasteiger partial charge >= 0.3 is 5.97 Å². The number of esters is 1. The average molecular weight is 204 g/mol. The van der Waals surface area contributed by atoms with Crippen LogP contribution in [0.4, 0.5) is 0 Å². The second-order valence-corrected chi connectivity index (χ2v) is 3.40. The van der Waals surface area contributed by atoms with E-state index in [2.05, 4.69) is 5.32 Å². The van der Waals surface area contributed by atoms with Crippen LogP contribution in [0, 0.1) is 5.41 Å². The van der Waals surface area contributed by atoms with E-state index in [9.17, 15) is 4.79 Å². The summed E-state index contributed by atoms with van der Waals surface area (Å²) in [5, 5.41) is 10.6. The van der Waals surface area contributed by atoms with E-state index in [0.717, 1.165) is 0 Å². The molecule has 0 aromatic carbocycles. The van der Waals surface area contributed by atoms with Gasteiger partial charge in [0.15, 0.2) is 5.17 Å². The van der Waals surface area contributed by atoms with Gasteiger partial charge < -0.3 is 10.1 Å². The minimum absolute atomic E-state index is 0.0426. The van der Waals surface area contributed by atoms with Crippen LogP contribution in [0.2, 0.25) is 0 Å². The number of ether oxygens (including phenoxy) is 1. The lowest BCUT2D eigenvalue weighted by Crippen LogP contribution is -2.32. The molecule has 0 rings (SSSR count). The molecule has 4 nitrogen and oxygen atoms in total. The molecule has 0 aliphatic carbocycles. The van der Waals surface area contributed by atoms with Crippen LogP contribution in [0.3, 0.4) is 0 Å². The summed E-state index contributed by atoms with van der Waals surface area (Å²) in [6.45, 7) is 4.03. The number of amidine groups is 1. The Labute approximate surface area is 82.9 Å². The molecule has 0 aromatic heterocycles. The van der Waals surface area contributed by atoms with Crippen LogP contribution in [-0.4, -0.2) is 30.0 Å². The Morgan fingerprint density at radius 2 is 2.31 bits per heavy atom. The molecule has 0 heterocycles. The molecule has 76 valence electrons. The molecule has 0 aliphatic rings. The average Bonchev–Trinajstić information content (AvgIpc) is 2.04. The maximum absolute atomic E-state index is 11.0. The molecule has 5 heteroatoms. The zero-order valence-corrected chi connectivity index (χ0v) is 9.03. The topological polar surface area (TPSA) is 62.2 Å². The zero-order chi connectivity index (χ0) is 10.3. The smallest absolute Gasteiger partial charge is 0.307 e. The maximum atomic E-state index is 11.0. The molecule has 0 saturated heterocycles. The molecule has 1 atom stereocenters. The van der Waals surface area contributed by atoms with Crippen LogP contribution in [-0.2, 0) is 9.53 Å². The van der Waals surface area contributed by atoms with Crippen molar-refractivity contribution in [3.8, 4) is 0 Å². The van der Waals surface area contributed by atoms with Gasteiger partial charge in [0.1, 0.15) is 0 Å². The van der Waals surface area contributed by atoms with E-state index in [1.54, 1.807) is 6.92 Å². The van der Waals surface area contributed by atoms with Gasteiger partial charge in [0.2, 0.25) is 0 Å². The van der Waals surface area contributed by atoms with Crippen molar-refractivity contribution in [2.45, 2.75) is 26.3 Å². The molecular weight excluding hydrogens is 188 g/mol. The number of nitrogens with one attached hydrogen (secondary N) is 2. The van der Waals surface area contributed by atoms with Crippen molar-refractivity contribution < 1.29 is 9.53 Å². The molecule has 2 N–H and O–H groups in total. The summed E-state index contributed by atoms with van der Waals surface area (Å²) in [4.78, 5) is 11.0. The Morgan fingerprint density at radius 1 is 1.69 bits per heavy atom. The van der Waals surface area contributed by atoms with Crippen molar-refractivity contribution in [1.29, 1.82) is 5.41 Å². The Morgan fingerprint density at radius 3 is 2.77 bits per heavy atom. The van der Waals surface area contributed by atoms with Crippen molar-refractivity contribution in [2.24, 2.45) is 0 Å². The van der Waals surface area contributed by atoms with Crippen molar-refractivity contribution in [2.75, 3.05) is 12.9 Å². The fraction of sp³-hybridized carbons (Fsp3) is 0.750. The SMILES string of the molecule is CCOC(=O)CC(C)NC(=N)SC. The van der Waals surface area contributed by atoms with Crippen LogP contribution >= 0.6 is 11.8 Å². The predicted octanol–water partition coefficient (Wildman–Crippen LogP) is 1.22. The summed E-state index contributed by atoms with van der Waals surface area (Å²) in [5.41, 5.74) is 0. The van der Waals surface area contributed by atoms with Crippen LogP contribution < -0.4 is 5.32 Å². The van der Waals surface area contributed by atoms with E-state index in [4.69, 9.17) is 10.1 Å². The molecule has 0 amide bonds. The lowest BCUT2D eigenvalue weighted by Gasteiger charge is -2.13. The van der Waals surface area contributed by atoms with Gasteiger partial charge in [-0.3, -0.25) is 10.2 Å². The number of rotatable bonds is 4. The normalized spacial score (nSPS) is 11.9. The number of thioether (sulfide) groups is 1. The summed E-state index contributed by atoms with van der Waals surface area (Å²) in [7, 11) is 0. The van der Waals surface area contributed by atoms with Crippen LogP contribution in [0.5, 0.6) is 0 Å². The summed E-state index contributed by atoms with van der Waals surface area (Å²) in [5.74, 6) is -0.226. The lowest BCUT2D eigenvalue weighted by molar-refractivity contribution is -0.143. The number of carbonyl (C=O) groups is 1. The number of carbonyl (C=O) groups excluding carboxylic acids is 1. The third-order valence-electron chi connectivity index (χ3n) is 1.36. The summed E-state index contributed by atoms with van der Waals surface area (Å²) >= 11 is 1.31. The highest BCUT2D eigenvalue weighted by atomic mass is 32.2. The first-order chi connectivity index (χ1) is 6.10. The highest BCUT2D eigenvalue weighted by Crippen LogP contribution is 1.98. The van der Waals surface area contributed by atoms with Crippen LogP contribution in [0.25, 0.3) is 0 Å². The van der Waals surface area contributed by atoms with E-state index >= 15 is 0 Å². The van der Waals surface area contributed by atoms with Crippen molar-refractivity contribution in [1.82, 2.24) is 5.32 Å².